The molecule has 2 aromatic heterocycles. The zero-order valence-corrected chi connectivity index (χ0v) is 17.1. The highest BCUT2D eigenvalue weighted by atomic mass is 32.2. The summed E-state index contributed by atoms with van der Waals surface area (Å²) in [4.78, 5) is 15.9. The number of hydrogen-bond acceptors (Lipinski definition) is 5. The molecule has 0 atom stereocenters. The molecule has 7 heteroatoms. The first kappa shape index (κ1) is 19.7. The summed E-state index contributed by atoms with van der Waals surface area (Å²) in [7, 11) is 0. The number of thioether (sulfide) groups is 1. The first-order valence-electron chi connectivity index (χ1n) is 9.89. The minimum absolute atomic E-state index is 0.0306. The molecule has 0 saturated carbocycles. The largest absolute Gasteiger partial charge is 0.324 e. The van der Waals surface area contributed by atoms with E-state index in [0.717, 1.165) is 53.7 Å². The lowest BCUT2D eigenvalue weighted by Crippen LogP contribution is -2.39. The second-order valence-electron chi connectivity index (χ2n) is 7.18. The number of nitrogens with one attached hydrogen (secondary N) is 1. The third-order valence-electron chi connectivity index (χ3n) is 5.18. The lowest BCUT2D eigenvalue weighted by atomic mass is 9.96. The fourth-order valence-corrected chi connectivity index (χ4v) is 4.47. The van der Waals surface area contributed by atoms with E-state index in [1.54, 1.807) is 11.8 Å². The number of anilines is 1. The van der Waals surface area contributed by atoms with Crippen LogP contribution in [0.2, 0.25) is 0 Å². The van der Waals surface area contributed by atoms with Gasteiger partial charge in [0, 0.05) is 22.8 Å². The van der Waals surface area contributed by atoms with Gasteiger partial charge in [-0.05, 0) is 50.2 Å². The molecule has 1 fully saturated rings. The number of likely N-dealkylation sites (tertiary alicyclic amines) is 1. The normalized spacial score (nSPS) is 15.4. The van der Waals surface area contributed by atoms with Crippen LogP contribution in [0.4, 0.5) is 5.69 Å². The fraction of sp³-hybridized carbons (Fsp3) is 0.318. The molecule has 1 aliphatic rings. The van der Waals surface area contributed by atoms with Gasteiger partial charge in [0.1, 0.15) is 5.82 Å². The van der Waals surface area contributed by atoms with Gasteiger partial charge in [-0.15, -0.1) is 28.5 Å². The topological polar surface area (TPSA) is 62.5 Å². The van der Waals surface area contributed by atoms with Crippen LogP contribution in [0.3, 0.4) is 0 Å². The molecule has 0 radical (unpaired) electrons. The highest BCUT2D eigenvalue weighted by molar-refractivity contribution is 7.99. The van der Waals surface area contributed by atoms with Crippen LogP contribution in [0.25, 0.3) is 5.65 Å². The van der Waals surface area contributed by atoms with Crippen molar-refractivity contribution < 1.29 is 4.79 Å². The Morgan fingerprint density at radius 2 is 1.97 bits per heavy atom. The predicted molar refractivity (Wildman–Crippen MR) is 117 cm³/mol. The van der Waals surface area contributed by atoms with Gasteiger partial charge in [-0.2, -0.15) is 0 Å². The number of carbonyl (C=O) groups excluding carboxylic acids is 1. The van der Waals surface area contributed by atoms with Gasteiger partial charge < -0.3 is 5.32 Å². The second-order valence-corrected chi connectivity index (χ2v) is 8.24. The number of piperidine rings is 1. The summed E-state index contributed by atoms with van der Waals surface area (Å²) in [5.74, 6) is 2.25. The molecular formula is C22H25N5OS. The molecule has 0 spiro atoms. The van der Waals surface area contributed by atoms with E-state index >= 15 is 0 Å². The van der Waals surface area contributed by atoms with Gasteiger partial charge in [0.05, 0.1) is 12.2 Å². The van der Waals surface area contributed by atoms with Crippen LogP contribution >= 0.6 is 11.8 Å². The molecular weight excluding hydrogens is 382 g/mol. The van der Waals surface area contributed by atoms with Crippen molar-refractivity contribution in [3.63, 3.8) is 0 Å². The monoisotopic (exact) mass is 407 g/mol. The summed E-state index contributed by atoms with van der Waals surface area (Å²) in [5, 5.41) is 11.7. The standard InChI is InChI=1S/C22H25N5OS/c1-2-15-29-19-8-4-3-7-18(19)23-21(28)16-26-13-10-17(11-14-26)22-25-24-20-9-5-6-12-27(20)22/h2-9,12,17H,1,10-11,13-16H2,(H,23,28). The van der Waals surface area contributed by atoms with Gasteiger partial charge in [-0.1, -0.05) is 24.3 Å². The first-order valence-corrected chi connectivity index (χ1v) is 10.9. The maximum absolute atomic E-state index is 12.6. The lowest BCUT2D eigenvalue weighted by molar-refractivity contribution is -0.117. The van der Waals surface area contributed by atoms with E-state index in [0.29, 0.717) is 12.5 Å². The van der Waals surface area contributed by atoms with E-state index in [1.165, 1.54) is 0 Å². The molecule has 3 heterocycles. The van der Waals surface area contributed by atoms with Crippen LogP contribution in [-0.2, 0) is 4.79 Å². The van der Waals surface area contributed by atoms with Crippen LogP contribution in [-0.4, -0.2) is 50.8 Å². The highest BCUT2D eigenvalue weighted by Gasteiger charge is 2.25. The molecule has 0 unspecified atom stereocenters. The van der Waals surface area contributed by atoms with Crippen LogP contribution in [0, 0.1) is 0 Å². The van der Waals surface area contributed by atoms with Crippen molar-refractivity contribution in [1.29, 1.82) is 0 Å². The summed E-state index contributed by atoms with van der Waals surface area (Å²) < 4.78 is 2.07. The van der Waals surface area contributed by atoms with Crippen LogP contribution in [0.15, 0.2) is 66.2 Å². The Hall–Kier alpha value is -2.64. The molecule has 1 amide bonds. The summed E-state index contributed by atoms with van der Waals surface area (Å²) >= 11 is 1.67. The summed E-state index contributed by atoms with van der Waals surface area (Å²) in [5.41, 5.74) is 1.76. The van der Waals surface area contributed by atoms with Crippen molar-refractivity contribution in [2.45, 2.75) is 23.7 Å². The SMILES string of the molecule is C=CCSc1ccccc1NC(=O)CN1CCC(c2nnc3ccccn23)CC1. The van der Waals surface area contributed by atoms with Gasteiger partial charge in [0.25, 0.3) is 0 Å². The summed E-state index contributed by atoms with van der Waals surface area (Å²) in [6.07, 6.45) is 5.85. The Kier molecular flexibility index (Phi) is 6.27. The van der Waals surface area contributed by atoms with Gasteiger partial charge >= 0.3 is 0 Å². The van der Waals surface area contributed by atoms with E-state index in [9.17, 15) is 4.79 Å². The van der Waals surface area contributed by atoms with Crippen LogP contribution in [0.1, 0.15) is 24.6 Å². The number of nitrogens with zero attached hydrogens (tertiary/aromatic N) is 4. The molecule has 150 valence electrons. The number of hydrogen-bond donors (Lipinski definition) is 1. The molecule has 6 nitrogen and oxygen atoms in total. The lowest BCUT2D eigenvalue weighted by Gasteiger charge is -2.30. The van der Waals surface area contributed by atoms with Gasteiger partial charge in [-0.3, -0.25) is 14.1 Å². The molecule has 1 N–H and O–H groups in total. The number of benzene rings is 1. The molecule has 1 saturated heterocycles. The van der Waals surface area contributed by atoms with E-state index in [1.807, 2.05) is 54.7 Å². The van der Waals surface area contributed by atoms with Gasteiger partial charge in [0.15, 0.2) is 5.65 Å². The maximum atomic E-state index is 12.6. The van der Waals surface area contributed by atoms with Gasteiger partial charge in [-0.25, -0.2) is 0 Å². The summed E-state index contributed by atoms with van der Waals surface area (Å²) in [6, 6.07) is 13.9. The zero-order valence-electron chi connectivity index (χ0n) is 16.3. The number of pyridine rings is 1. The number of amides is 1. The first-order chi connectivity index (χ1) is 14.2. The van der Waals surface area contributed by atoms with Crippen molar-refractivity contribution in [1.82, 2.24) is 19.5 Å². The van der Waals surface area contributed by atoms with Crippen molar-refractivity contribution in [3.8, 4) is 0 Å². The number of para-hydroxylation sites is 1. The maximum Gasteiger partial charge on any atom is 0.238 e. The van der Waals surface area contributed by atoms with Crippen LogP contribution in [0.5, 0.6) is 0 Å². The molecule has 3 aromatic rings. The Morgan fingerprint density at radius 1 is 1.17 bits per heavy atom. The Labute approximate surface area is 175 Å². The van der Waals surface area contributed by atoms with Gasteiger partial charge in [0.2, 0.25) is 5.91 Å². The number of aromatic nitrogens is 3. The Morgan fingerprint density at radius 3 is 2.79 bits per heavy atom. The minimum atomic E-state index is 0.0306. The Bertz CT molecular complexity index is 994. The molecule has 4 rings (SSSR count). The van der Waals surface area contributed by atoms with Crippen molar-refractivity contribution in [2.24, 2.45) is 0 Å². The van der Waals surface area contributed by atoms with Crippen molar-refractivity contribution >= 4 is 29.0 Å². The average molecular weight is 408 g/mol. The smallest absolute Gasteiger partial charge is 0.238 e. The van der Waals surface area contributed by atoms with Crippen LogP contribution < -0.4 is 5.32 Å². The number of carbonyl (C=O) groups is 1. The third kappa shape index (κ3) is 4.68. The van der Waals surface area contributed by atoms with Crippen molar-refractivity contribution in [3.05, 3.63) is 67.1 Å². The van der Waals surface area contributed by atoms with E-state index in [2.05, 4.69) is 31.4 Å². The molecule has 29 heavy (non-hydrogen) atoms. The Balaban J connectivity index is 1.32. The highest BCUT2D eigenvalue weighted by Crippen LogP contribution is 2.28. The average Bonchev–Trinajstić information content (AvgIpc) is 3.18. The van der Waals surface area contributed by atoms with Crippen molar-refractivity contribution in [2.75, 3.05) is 30.7 Å². The molecule has 0 aliphatic carbocycles. The zero-order chi connectivity index (χ0) is 20.1. The molecule has 1 aliphatic heterocycles. The third-order valence-corrected chi connectivity index (χ3v) is 6.25. The van der Waals surface area contributed by atoms with E-state index in [4.69, 9.17) is 0 Å². The second kappa shape index (κ2) is 9.24. The predicted octanol–water partition coefficient (Wildman–Crippen LogP) is 3.83. The quantitative estimate of drug-likeness (QED) is 0.476. The minimum Gasteiger partial charge on any atom is -0.324 e. The van der Waals surface area contributed by atoms with E-state index in [-0.39, 0.29) is 5.91 Å². The molecule has 0 bridgehead atoms. The summed E-state index contributed by atoms with van der Waals surface area (Å²) in [6.45, 7) is 5.93. The number of rotatable bonds is 7. The number of fused-ring (bicyclic) bond motifs is 1. The fourth-order valence-electron chi connectivity index (χ4n) is 3.72. The van der Waals surface area contributed by atoms with E-state index < -0.39 is 0 Å². The molecule has 1 aromatic carbocycles.